The molecule has 1 aromatic carbocycles. The highest BCUT2D eigenvalue weighted by Crippen LogP contribution is 2.34. The molecule has 5 N–H and O–H groups in total. The Balaban J connectivity index is 1.80. The normalized spacial score (nSPS) is 17.5. The first-order chi connectivity index (χ1) is 18.8. The number of hydrogen-bond donors (Lipinski definition) is 4. The number of imidazole rings is 1. The average molecular weight is 527 g/mol. The zero-order chi connectivity index (χ0) is 27.9. The Kier molecular flexibility index (Phi) is 8.76. The summed E-state index contributed by atoms with van der Waals surface area (Å²) in [6, 6.07) is 9.42. The fourth-order valence-corrected chi connectivity index (χ4v) is 4.27. The van der Waals surface area contributed by atoms with Crippen molar-refractivity contribution in [2.75, 3.05) is 18.4 Å². The summed E-state index contributed by atoms with van der Waals surface area (Å²) < 4.78 is 8.29. The average Bonchev–Trinajstić information content (AvgIpc) is 3.57. The van der Waals surface area contributed by atoms with E-state index in [1.54, 1.807) is 26.2 Å². The lowest BCUT2D eigenvalue weighted by molar-refractivity contribution is 0.199. The van der Waals surface area contributed by atoms with Crippen LogP contribution in [0, 0.1) is 11.3 Å². The molecular formula is C29H34N8O2. The molecule has 3 aromatic rings. The van der Waals surface area contributed by atoms with Crippen molar-refractivity contribution >= 4 is 28.3 Å². The molecule has 2 unspecified atom stereocenters. The maximum absolute atomic E-state index is 10.3. The molecule has 0 radical (unpaired) electrons. The number of aliphatic imine (C=N–C) groups is 1. The lowest BCUT2D eigenvalue weighted by Gasteiger charge is -2.18. The van der Waals surface area contributed by atoms with Crippen molar-refractivity contribution in [3.8, 4) is 17.6 Å². The van der Waals surface area contributed by atoms with Gasteiger partial charge in [-0.3, -0.25) is 4.57 Å². The Bertz CT molecular complexity index is 1500. The molecule has 202 valence electrons. The summed E-state index contributed by atoms with van der Waals surface area (Å²) in [4.78, 5) is 13.9. The second-order valence-electron chi connectivity index (χ2n) is 9.41. The number of nitrogens with two attached hydrogens (primary N) is 1. The molecule has 1 aliphatic rings. The minimum absolute atomic E-state index is 0.0387. The number of nitriles is 1. The van der Waals surface area contributed by atoms with Gasteiger partial charge in [0.2, 0.25) is 0 Å². The highest BCUT2D eigenvalue weighted by atomic mass is 16.5. The fraction of sp³-hybridized carbons (Fsp3) is 0.310. The van der Waals surface area contributed by atoms with Gasteiger partial charge in [0.05, 0.1) is 22.8 Å². The Morgan fingerprint density at radius 1 is 1.38 bits per heavy atom. The maximum atomic E-state index is 10.3. The zero-order valence-corrected chi connectivity index (χ0v) is 22.6. The third-order valence-electron chi connectivity index (χ3n) is 6.19. The van der Waals surface area contributed by atoms with Crippen LogP contribution in [0.5, 0.6) is 5.75 Å². The lowest BCUT2D eigenvalue weighted by Crippen LogP contribution is -2.20. The summed E-state index contributed by atoms with van der Waals surface area (Å²) in [6.07, 6.45) is 9.33. The van der Waals surface area contributed by atoms with Crippen LogP contribution in [-0.4, -0.2) is 44.5 Å². The van der Waals surface area contributed by atoms with Gasteiger partial charge >= 0.3 is 0 Å². The number of hydrogen-bond acceptors (Lipinski definition) is 9. The molecule has 39 heavy (non-hydrogen) atoms. The molecule has 1 aliphatic heterocycles. The van der Waals surface area contributed by atoms with E-state index in [-0.39, 0.29) is 11.8 Å². The van der Waals surface area contributed by atoms with Crippen molar-refractivity contribution in [3.63, 3.8) is 0 Å². The number of nitrogens with one attached hydrogen (secondary N) is 2. The van der Waals surface area contributed by atoms with Gasteiger partial charge in [0.15, 0.2) is 5.82 Å². The van der Waals surface area contributed by atoms with Gasteiger partial charge in [-0.15, -0.1) is 0 Å². The highest BCUT2D eigenvalue weighted by Gasteiger charge is 2.20. The van der Waals surface area contributed by atoms with Gasteiger partial charge in [0.25, 0.3) is 0 Å². The van der Waals surface area contributed by atoms with Gasteiger partial charge in [-0.25, -0.2) is 15.0 Å². The number of pyridine rings is 1. The van der Waals surface area contributed by atoms with Crippen molar-refractivity contribution in [1.29, 1.82) is 5.26 Å². The van der Waals surface area contributed by atoms with E-state index in [9.17, 15) is 5.11 Å². The first kappa shape index (κ1) is 27.6. The number of benzene rings is 1. The second-order valence-corrected chi connectivity index (χ2v) is 9.41. The number of rotatable bonds is 9. The van der Waals surface area contributed by atoms with E-state index in [2.05, 4.69) is 20.6 Å². The number of aromatic nitrogens is 3. The molecule has 0 bridgehead atoms. The largest absolute Gasteiger partial charge is 0.487 e. The fourth-order valence-electron chi connectivity index (χ4n) is 4.27. The maximum Gasteiger partial charge on any atom is 0.160 e. The smallest absolute Gasteiger partial charge is 0.160 e. The number of nitrogens with zero attached hydrogens (tertiary/aromatic N) is 5. The van der Waals surface area contributed by atoms with Crippen molar-refractivity contribution < 1.29 is 9.84 Å². The van der Waals surface area contributed by atoms with Crippen LogP contribution >= 0.6 is 0 Å². The molecule has 1 fully saturated rings. The topological polar surface area (TPSA) is 146 Å². The Morgan fingerprint density at radius 2 is 2.21 bits per heavy atom. The van der Waals surface area contributed by atoms with Crippen LogP contribution < -0.4 is 21.1 Å². The van der Waals surface area contributed by atoms with E-state index in [0.717, 1.165) is 47.7 Å². The van der Waals surface area contributed by atoms with Gasteiger partial charge < -0.3 is 26.2 Å². The van der Waals surface area contributed by atoms with E-state index >= 15 is 0 Å². The van der Waals surface area contributed by atoms with Gasteiger partial charge in [-0.05, 0) is 71.0 Å². The molecule has 3 heterocycles. The van der Waals surface area contributed by atoms with Gasteiger partial charge in [0, 0.05) is 29.6 Å². The van der Waals surface area contributed by atoms with Crippen LogP contribution in [0.1, 0.15) is 45.8 Å². The molecule has 0 amide bonds. The Morgan fingerprint density at radius 3 is 2.90 bits per heavy atom. The summed E-state index contributed by atoms with van der Waals surface area (Å²) in [6.45, 7) is 9.06. The Hall–Kier alpha value is -4.46. The molecule has 10 nitrogen and oxygen atoms in total. The summed E-state index contributed by atoms with van der Waals surface area (Å²) in [7, 11) is 0. The van der Waals surface area contributed by atoms with Crippen molar-refractivity contribution in [2.45, 2.75) is 46.3 Å². The first-order valence-electron chi connectivity index (χ1n) is 12.9. The molecular weight excluding hydrogens is 492 g/mol. The molecule has 0 aliphatic carbocycles. The molecule has 4 rings (SSSR count). The molecule has 0 saturated carbocycles. The number of aliphatic hydroxyl groups excluding tert-OH is 1. The monoisotopic (exact) mass is 526 g/mol. The summed E-state index contributed by atoms with van der Waals surface area (Å²) in [5, 5.41) is 26.1. The van der Waals surface area contributed by atoms with Crippen molar-refractivity contribution in [2.24, 2.45) is 10.7 Å². The number of ether oxygens (including phenoxy) is 1. The Labute approximate surface area is 228 Å². The lowest BCUT2D eigenvalue weighted by atomic mass is 10.1. The second kappa shape index (κ2) is 12.4. The predicted octanol–water partition coefficient (Wildman–Crippen LogP) is 4.56. The van der Waals surface area contributed by atoms with E-state index in [0.29, 0.717) is 22.9 Å². The van der Waals surface area contributed by atoms with Crippen LogP contribution in [0.25, 0.3) is 16.9 Å². The minimum Gasteiger partial charge on any atom is -0.487 e. The van der Waals surface area contributed by atoms with E-state index in [1.165, 1.54) is 6.08 Å². The van der Waals surface area contributed by atoms with E-state index in [1.807, 2.05) is 60.9 Å². The zero-order valence-electron chi connectivity index (χ0n) is 22.6. The molecule has 2 aromatic heterocycles. The summed E-state index contributed by atoms with van der Waals surface area (Å²) >= 11 is 0. The van der Waals surface area contributed by atoms with Crippen LogP contribution in [0.2, 0.25) is 0 Å². The van der Waals surface area contributed by atoms with E-state index in [4.69, 9.17) is 20.7 Å². The molecule has 1 saturated heterocycles. The third kappa shape index (κ3) is 6.71. The summed E-state index contributed by atoms with van der Waals surface area (Å²) in [5.74, 6) is 1.63. The molecule has 0 spiro atoms. The van der Waals surface area contributed by atoms with Gasteiger partial charge in [0.1, 0.15) is 35.8 Å². The van der Waals surface area contributed by atoms with Crippen LogP contribution in [0.4, 0.5) is 11.5 Å². The molecule has 2 atom stereocenters. The van der Waals surface area contributed by atoms with Crippen molar-refractivity contribution in [3.05, 3.63) is 71.9 Å². The number of anilines is 1. The van der Waals surface area contributed by atoms with Crippen LogP contribution in [0.15, 0.2) is 71.3 Å². The van der Waals surface area contributed by atoms with Gasteiger partial charge in [-0.2, -0.15) is 5.26 Å². The standard InChI is InChI=1S/C29H34N8O2/c1-5-6-7-18(2)34-25-13-24-26(14-27(25)39-22-10-11-32-16-22)37(17-33-24)28-9-8-23(20(4)38)29(36-28)35-19(3)12-21(31)15-30/h5-9,12-14,17,20,22,32,34,38H,10-11,16,31H2,1-4H3/b6-5?,18-7+,21-12-,35-19+. The third-order valence-corrected chi connectivity index (χ3v) is 6.19. The minimum atomic E-state index is -0.789. The van der Waals surface area contributed by atoms with Crippen molar-refractivity contribution in [1.82, 2.24) is 19.9 Å². The van der Waals surface area contributed by atoms with Crippen LogP contribution in [0.3, 0.4) is 0 Å². The molecule has 10 heteroatoms. The van der Waals surface area contributed by atoms with Gasteiger partial charge in [-0.1, -0.05) is 12.2 Å². The van der Waals surface area contributed by atoms with Crippen LogP contribution in [-0.2, 0) is 0 Å². The first-order valence-corrected chi connectivity index (χ1v) is 12.9. The number of fused-ring (bicyclic) bond motifs is 1. The number of aliphatic hydroxyl groups is 1. The number of allylic oxidation sites excluding steroid dienone is 6. The van der Waals surface area contributed by atoms with E-state index < -0.39 is 6.10 Å². The SMILES string of the molecule is CC=C/C=C(\C)Nc1cc2ncn(-c3ccc(C(C)O)c(/N=C(C)/C=C(\N)C#N)n3)c2cc1OC1CCNC1. The highest BCUT2D eigenvalue weighted by molar-refractivity contribution is 5.95. The quantitative estimate of drug-likeness (QED) is 0.180. The summed E-state index contributed by atoms with van der Waals surface area (Å²) in [5.41, 5.74) is 10.1. The predicted molar refractivity (Wildman–Crippen MR) is 154 cm³/mol.